The summed E-state index contributed by atoms with van der Waals surface area (Å²) in [4.78, 5) is 0. The van der Waals surface area contributed by atoms with Gasteiger partial charge >= 0.3 is 0 Å². The Labute approximate surface area is 166 Å². The van der Waals surface area contributed by atoms with Crippen LogP contribution in [0.15, 0.2) is 11.3 Å². The topological polar surface area (TPSA) is 9.23 Å². The average Bonchev–Trinajstić information content (AvgIpc) is 2.84. The maximum Gasteiger partial charge on any atom is 0.231 e. The van der Waals surface area contributed by atoms with Gasteiger partial charge in [-0.3, -0.25) is 0 Å². The summed E-state index contributed by atoms with van der Waals surface area (Å²) in [5.41, 5.74) is 0.0556. The van der Waals surface area contributed by atoms with Crippen LogP contribution in [0.4, 0.5) is 0 Å². The molecule has 1 atom stereocenters. The van der Waals surface area contributed by atoms with Crippen LogP contribution in [-0.4, -0.2) is 13.9 Å². The van der Waals surface area contributed by atoms with Gasteiger partial charge < -0.3 is 4.43 Å². The first-order chi connectivity index (χ1) is 12.0. The lowest BCUT2D eigenvalue weighted by Gasteiger charge is -2.50. The zero-order valence-electron chi connectivity index (χ0n) is 19.7. The van der Waals surface area contributed by atoms with E-state index < -0.39 is 8.32 Å². The van der Waals surface area contributed by atoms with Crippen LogP contribution in [-0.2, 0) is 4.43 Å². The number of allylic oxidation sites excluding steroid dienone is 1. The zero-order valence-corrected chi connectivity index (χ0v) is 20.7. The number of hydrogen-bond acceptors (Lipinski definition) is 1. The van der Waals surface area contributed by atoms with E-state index in [1.54, 1.807) is 5.20 Å². The minimum atomic E-state index is -2.14. The highest BCUT2D eigenvalue weighted by molar-refractivity contribution is 6.86. The molecule has 0 bridgehead atoms. The summed E-state index contributed by atoms with van der Waals surface area (Å²) in [6.45, 7) is 24.1. The molecule has 0 aromatic carbocycles. The van der Waals surface area contributed by atoms with E-state index >= 15 is 0 Å². The van der Waals surface area contributed by atoms with E-state index in [9.17, 15) is 0 Å². The molecule has 1 nitrogen and oxygen atoms in total. The predicted octanol–water partition coefficient (Wildman–Crippen LogP) is 8.58. The molecule has 0 radical (unpaired) electrons. The fourth-order valence-corrected chi connectivity index (χ4v) is 12.8. The minimum absolute atomic E-state index is 0.0556. The average molecular weight is 381 g/mol. The van der Waals surface area contributed by atoms with Gasteiger partial charge in [0.1, 0.15) is 0 Å². The van der Waals surface area contributed by atoms with Gasteiger partial charge in [-0.15, -0.1) is 0 Å². The second kappa shape index (κ2) is 8.95. The summed E-state index contributed by atoms with van der Waals surface area (Å²) in [5.74, 6) is 0.624. The van der Waals surface area contributed by atoms with Crippen molar-refractivity contribution in [1.29, 1.82) is 0 Å². The van der Waals surface area contributed by atoms with Crippen LogP contribution < -0.4 is 0 Å². The van der Waals surface area contributed by atoms with E-state index in [-0.39, 0.29) is 15.7 Å². The highest BCUT2D eigenvalue weighted by atomic mass is 28.4. The smallest absolute Gasteiger partial charge is 0.231 e. The molecule has 0 spiro atoms. The molecule has 1 unspecified atom stereocenters. The van der Waals surface area contributed by atoms with E-state index in [0.29, 0.717) is 5.92 Å². The molecule has 1 saturated heterocycles. The van der Waals surface area contributed by atoms with Crippen molar-refractivity contribution in [3.63, 3.8) is 0 Å². The third-order valence-electron chi connectivity index (χ3n) is 6.85. The largest absolute Gasteiger partial charge is 0.406 e. The van der Waals surface area contributed by atoms with Crippen molar-refractivity contribution in [2.45, 2.75) is 136 Å². The fraction of sp³-hybridized carbons (Fsp3) is 0.917. The summed E-state index contributed by atoms with van der Waals surface area (Å²) < 4.78 is 7.49. The van der Waals surface area contributed by atoms with Crippen LogP contribution in [0.25, 0.3) is 0 Å². The molecule has 0 aromatic heterocycles. The van der Waals surface area contributed by atoms with Crippen LogP contribution in [0.3, 0.4) is 0 Å². The maximum absolute atomic E-state index is 7.49. The van der Waals surface area contributed by atoms with Crippen molar-refractivity contribution in [2.75, 3.05) is 0 Å². The quantitative estimate of drug-likeness (QED) is 0.302. The van der Waals surface area contributed by atoms with Crippen LogP contribution in [0.1, 0.15) is 121 Å². The Hall–Kier alpha value is -0.0831. The Morgan fingerprint density at radius 2 is 1.38 bits per heavy atom. The van der Waals surface area contributed by atoms with E-state index in [1.807, 2.05) is 0 Å². The van der Waals surface area contributed by atoms with Gasteiger partial charge in [0.25, 0.3) is 0 Å². The molecule has 1 heterocycles. The summed E-state index contributed by atoms with van der Waals surface area (Å²) in [5, 5.41) is 2.18. The monoisotopic (exact) mass is 380 g/mol. The van der Waals surface area contributed by atoms with Crippen molar-refractivity contribution in [3.05, 3.63) is 11.3 Å². The van der Waals surface area contributed by atoms with Crippen molar-refractivity contribution >= 4 is 8.32 Å². The molecule has 0 saturated carbocycles. The summed E-state index contributed by atoms with van der Waals surface area (Å²) >= 11 is 0. The SMILES string of the molecule is CCCC/C=C1\C(CCCC)C(CC)(CC)O[Si]1(C(C)(C)C)C(C)(C)C. The second-order valence-corrected chi connectivity index (χ2v) is 15.7. The molecule has 2 heteroatoms. The van der Waals surface area contributed by atoms with Gasteiger partial charge in [0.2, 0.25) is 8.32 Å². The standard InChI is InChI=1S/C24H48OSi/c1-11-15-17-19-21-20(18-16-12-2)24(13-3,14-4)25-26(21,22(5,6)7)23(8,9)10/h19-20H,11-18H2,1-10H3/b21-19+. The van der Waals surface area contributed by atoms with Crippen molar-refractivity contribution in [3.8, 4) is 0 Å². The first-order valence-electron chi connectivity index (χ1n) is 11.4. The number of unbranched alkanes of at least 4 members (excludes halogenated alkanes) is 3. The van der Waals surface area contributed by atoms with Gasteiger partial charge in [0.15, 0.2) is 0 Å². The van der Waals surface area contributed by atoms with E-state index in [1.165, 1.54) is 38.5 Å². The predicted molar refractivity (Wildman–Crippen MR) is 120 cm³/mol. The fourth-order valence-electron chi connectivity index (χ4n) is 5.72. The van der Waals surface area contributed by atoms with Gasteiger partial charge in [0, 0.05) is 5.92 Å². The number of rotatable bonds is 8. The van der Waals surface area contributed by atoms with Crippen molar-refractivity contribution in [1.82, 2.24) is 0 Å². The number of hydrogen-bond donors (Lipinski definition) is 0. The molecule has 0 amide bonds. The molecule has 1 aliphatic heterocycles. The zero-order chi connectivity index (χ0) is 20.2. The van der Waals surface area contributed by atoms with E-state index in [2.05, 4.69) is 75.3 Å². The maximum atomic E-state index is 7.49. The Morgan fingerprint density at radius 3 is 1.77 bits per heavy atom. The summed E-state index contributed by atoms with van der Waals surface area (Å²) in [6.07, 6.45) is 12.7. The second-order valence-electron chi connectivity index (χ2n) is 10.6. The lowest BCUT2D eigenvalue weighted by atomic mass is 9.79. The van der Waals surface area contributed by atoms with Crippen molar-refractivity contribution in [2.24, 2.45) is 5.92 Å². The molecule has 0 aliphatic carbocycles. The van der Waals surface area contributed by atoms with E-state index in [4.69, 9.17) is 4.43 Å². The van der Waals surface area contributed by atoms with Crippen LogP contribution in [0.2, 0.25) is 10.1 Å². The van der Waals surface area contributed by atoms with Crippen LogP contribution in [0, 0.1) is 5.92 Å². The lowest BCUT2D eigenvalue weighted by molar-refractivity contribution is 0.0226. The lowest BCUT2D eigenvalue weighted by Crippen LogP contribution is -2.55. The summed E-state index contributed by atoms with van der Waals surface area (Å²) in [7, 11) is -2.14. The molecule has 1 fully saturated rings. The third-order valence-corrected chi connectivity index (χ3v) is 13.2. The molecule has 1 aliphatic rings. The third kappa shape index (κ3) is 4.16. The molecule has 154 valence electrons. The van der Waals surface area contributed by atoms with Gasteiger partial charge in [-0.2, -0.15) is 0 Å². The van der Waals surface area contributed by atoms with Crippen molar-refractivity contribution < 1.29 is 4.43 Å². The molecule has 0 aromatic rings. The molecule has 0 N–H and O–H groups in total. The highest BCUT2D eigenvalue weighted by Crippen LogP contribution is 2.65. The van der Waals surface area contributed by atoms with Gasteiger partial charge in [-0.25, -0.2) is 0 Å². The normalized spacial score (nSPS) is 24.4. The Kier molecular flexibility index (Phi) is 8.24. The Morgan fingerprint density at radius 1 is 0.885 bits per heavy atom. The van der Waals surface area contributed by atoms with Gasteiger partial charge in [0.05, 0.1) is 5.60 Å². The minimum Gasteiger partial charge on any atom is -0.406 e. The first-order valence-corrected chi connectivity index (χ1v) is 13.3. The highest BCUT2D eigenvalue weighted by Gasteiger charge is 2.67. The van der Waals surface area contributed by atoms with Gasteiger partial charge in [-0.05, 0) is 35.8 Å². The molecule has 1 rings (SSSR count). The molecular formula is C24H48OSi. The Balaban J connectivity index is 3.67. The molecule has 26 heavy (non-hydrogen) atoms. The van der Waals surface area contributed by atoms with Crippen LogP contribution >= 0.6 is 0 Å². The van der Waals surface area contributed by atoms with Gasteiger partial charge in [-0.1, -0.05) is 106 Å². The van der Waals surface area contributed by atoms with E-state index in [0.717, 1.165) is 12.8 Å². The Bertz CT molecular complexity index is 446. The first kappa shape index (κ1) is 24.0. The molecular weight excluding hydrogens is 332 g/mol. The van der Waals surface area contributed by atoms with Crippen LogP contribution in [0.5, 0.6) is 0 Å². The summed E-state index contributed by atoms with van der Waals surface area (Å²) in [6, 6.07) is 0.